The van der Waals surface area contributed by atoms with Crippen LogP contribution in [0.3, 0.4) is 0 Å². The Hall–Kier alpha value is -1.30. The standard InChI is InChI=1S/C12H21N3O3/c13-10(15-17)12(4-5-12)11(16)14-6-1-7-18-8-9-2-3-9/h9,17H,1-8H2,(H2,13,15)(H,14,16). The number of nitrogens with two attached hydrogens (primary N) is 1. The summed E-state index contributed by atoms with van der Waals surface area (Å²) in [5.41, 5.74) is 4.77. The Labute approximate surface area is 107 Å². The molecule has 0 atom stereocenters. The van der Waals surface area contributed by atoms with Gasteiger partial charge in [-0.25, -0.2) is 0 Å². The normalized spacial score (nSPS) is 21.7. The number of nitrogens with one attached hydrogen (secondary N) is 1. The summed E-state index contributed by atoms with van der Waals surface area (Å²) < 4.78 is 5.47. The molecule has 2 aliphatic carbocycles. The molecule has 6 heteroatoms. The van der Waals surface area contributed by atoms with Crippen molar-refractivity contribution in [2.75, 3.05) is 19.8 Å². The van der Waals surface area contributed by atoms with E-state index < -0.39 is 5.41 Å². The molecule has 18 heavy (non-hydrogen) atoms. The fourth-order valence-corrected chi connectivity index (χ4v) is 1.90. The predicted octanol–water partition coefficient (Wildman–Crippen LogP) is 0.446. The summed E-state index contributed by atoms with van der Waals surface area (Å²) in [7, 11) is 0. The van der Waals surface area contributed by atoms with E-state index in [4.69, 9.17) is 15.7 Å². The first kappa shape index (κ1) is 13.1. The van der Waals surface area contributed by atoms with Crippen molar-refractivity contribution in [1.29, 1.82) is 0 Å². The summed E-state index contributed by atoms with van der Waals surface area (Å²) >= 11 is 0. The lowest BCUT2D eigenvalue weighted by Gasteiger charge is -2.13. The topological polar surface area (TPSA) is 96.9 Å². The summed E-state index contributed by atoms with van der Waals surface area (Å²) in [6.45, 7) is 2.10. The van der Waals surface area contributed by atoms with Gasteiger partial charge in [0.2, 0.25) is 5.91 Å². The number of amides is 1. The Kier molecular flexibility index (Phi) is 4.06. The molecular formula is C12H21N3O3. The van der Waals surface area contributed by atoms with Gasteiger partial charge in [-0.1, -0.05) is 5.16 Å². The highest BCUT2D eigenvalue weighted by molar-refractivity contribution is 6.09. The molecule has 4 N–H and O–H groups in total. The maximum Gasteiger partial charge on any atom is 0.233 e. The molecular weight excluding hydrogens is 234 g/mol. The van der Waals surface area contributed by atoms with Crippen molar-refractivity contribution >= 4 is 11.7 Å². The average molecular weight is 255 g/mol. The number of rotatable bonds is 8. The van der Waals surface area contributed by atoms with Gasteiger partial charge in [0.05, 0.1) is 0 Å². The van der Waals surface area contributed by atoms with E-state index in [0.717, 1.165) is 18.9 Å². The average Bonchev–Trinajstić information content (AvgIpc) is 3.25. The van der Waals surface area contributed by atoms with Crippen LogP contribution in [0.2, 0.25) is 0 Å². The smallest absolute Gasteiger partial charge is 0.233 e. The van der Waals surface area contributed by atoms with Gasteiger partial charge in [-0.05, 0) is 38.0 Å². The molecule has 2 aliphatic rings. The van der Waals surface area contributed by atoms with Crippen molar-refractivity contribution in [3.63, 3.8) is 0 Å². The fraction of sp³-hybridized carbons (Fsp3) is 0.833. The van der Waals surface area contributed by atoms with Crippen molar-refractivity contribution in [2.45, 2.75) is 32.1 Å². The highest BCUT2D eigenvalue weighted by Crippen LogP contribution is 2.45. The van der Waals surface area contributed by atoms with Crippen LogP contribution >= 0.6 is 0 Å². The van der Waals surface area contributed by atoms with Crippen molar-refractivity contribution in [2.24, 2.45) is 22.2 Å². The van der Waals surface area contributed by atoms with Gasteiger partial charge < -0.3 is 21.0 Å². The largest absolute Gasteiger partial charge is 0.409 e. The lowest BCUT2D eigenvalue weighted by atomic mass is 10.1. The van der Waals surface area contributed by atoms with Crippen LogP contribution < -0.4 is 11.1 Å². The second kappa shape index (κ2) is 5.56. The van der Waals surface area contributed by atoms with Crippen LogP contribution in [0.25, 0.3) is 0 Å². The van der Waals surface area contributed by atoms with Gasteiger partial charge in [-0.15, -0.1) is 0 Å². The minimum Gasteiger partial charge on any atom is -0.409 e. The third kappa shape index (κ3) is 3.13. The SMILES string of the molecule is NC(=NO)C1(C(=O)NCCCOCC2CC2)CC1. The highest BCUT2D eigenvalue weighted by Gasteiger charge is 2.54. The molecule has 0 aliphatic heterocycles. The second-order valence-electron chi connectivity index (χ2n) is 5.20. The number of carbonyl (C=O) groups is 1. The number of hydrogen-bond acceptors (Lipinski definition) is 4. The van der Waals surface area contributed by atoms with Gasteiger partial charge in [0, 0.05) is 19.8 Å². The Morgan fingerprint density at radius 3 is 2.78 bits per heavy atom. The van der Waals surface area contributed by atoms with E-state index in [1.165, 1.54) is 12.8 Å². The molecule has 102 valence electrons. The van der Waals surface area contributed by atoms with Gasteiger partial charge in [0.15, 0.2) is 5.84 Å². The second-order valence-corrected chi connectivity index (χ2v) is 5.20. The van der Waals surface area contributed by atoms with Crippen molar-refractivity contribution in [1.82, 2.24) is 5.32 Å². The van der Waals surface area contributed by atoms with E-state index in [9.17, 15) is 4.79 Å². The number of amidine groups is 1. The Bertz CT molecular complexity index is 335. The van der Waals surface area contributed by atoms with E-state index in [1.807, 2.05) is 0 Å². The Morgan fingerprint density at radius 2 is 2.22 bits per heavy atom. The summed E-state index contributed by atoms with van der Waals surface area (Å²) in [5, 5.41) is 14.4. The summed E-state index contributed by atoms with van der Waals surface area (Å²) in [6, 6.07) is 0. The van der Waals surface area contributed by atoms with Gasteiger partial charge in [0.25, 0.3) is 0 Å². The zero-order chi connectivity index (χ0) is 13.0. The van der Waals surface area contributed by atoms with Crippen LogP contribution in [0.4, 0.5) is 0 Å². The molecule has 0 unspecified atom stereocenters. The summed E-state index contributed by atoms with van der Waals surface area (Å²) in [5.74, 6) is 0.653. The number of hydrogen-bond donors (Lipinski definition) is 3. The molecule has 0 aromatic heterocycles. The molecule has 0 spiro atoms. The number of carbonyl (C=O) groups excluding carboxylic acids is 1. The van der Waals surface area contributed by atoms with E-state index in [1.54, 1.807) is 0 Å². The lowest BCUT2D eigenvalue weighted by Crippen LogP contribution is -2.41. The Balaban J connectivity index is 1.57. The molecule has 0 saturated heterocycles. The van der Waals surface area contributed by atoms with E-state index in [2.05, 4.69) is 10.5 Å². The van der Waals surface area contributed by atoms with Crippen LogP contribution in [0.5, 0.6) is 0 Å². The van der Waals surface area contributed by atoms with E-state index in [-0.39, 0.29) is 11.7 Å². The van der Waals surface area contributed by atoms with Crippen LogP contribution in [0.15, 0.2) is 5.16 Å². The molecule has 0 aromatic rings. The number of oxime groups is 1. The van der Waals surface area contributed by atoms with Gasteiger partial charge in [-0.2, -0.15) is 0 Å². The molecule has 6 nitrogen and oxygen atoms in total. The minimum absolute atomic E-state index is 0.0185. The van der Waals surface area contributed by atoms with E-state index in [0.29, 0.717) is 26.0 Å². The van der Waals surface area contributed by atoms with Gasteiger partial charge in [-0.3, -0.25) is 4.79 Å². The molecule has 2 saturated carbocycles. The number of ether oxygens (including phenoxy) is 1. The van der Waals surface area contributed by atoms with Crippen molar-refractivity contribution < 1.29 is 14.7 Å². The fourth-order valence-electron chi connectivity index (χ4n) is 1.90. The quantitative estimate of drug-likeness (QED) is 0.193. The van der Waals surface area contributed by atoms with Crippen LogP contribution in [-0.2, 0) is 9.53 Å². The molecule has 0 radical (unpaired) electrons. The molecule has 2 rings (SSSR count). The van der Waals surface area contributed by atoms with Gasteiger partial charge in [0.1, 0.15) is 5.41 Å². The third-order valence-electron chi connectivity index (χ3n) is 3.58. The zero-order valence-electron chi connectivity index (χ0n) is 10.5. The maximum absolute atomic E-state index is 11.9. The zero-order valence-corrected chi connectivity index (χ0v) is 10.5. The lowest BCUT2D eigenvalue weighted by molar-refractivity contribution is -0.124. The van der Waals surface area contributed by atoms with Crippen molar-refractivity contribution in [3.8, 4) is 0 Å². The molecule has 2 fully saturated rings. The molecule has 0 aromatic carbocycles. The molecule has 0 bridgehead atoms. The number of nitrogens with zero attached hydrogens (tertiary/aromatic N) is 1. The maximum atomic E-state index is 11.9. The first-order valence-electron chi connectivity index (χ1n) is 6.53. The minimum atomic E-state index is -0.746. The first-order valence-corrected chi connectivity index (χ1v) is 6.53. The van der Waals surface area contributed by atoms with Gasteiger partial charge >= 0.3 is 0 Å². The third-order valence-corrected chi connectivity index (χ3v) is 3.58. The first-order chi connectivity index (χ1) is 8.69. The summed E-state index contributed by atoms with van der Waals surface area (Å²) in [6.07, 6.45) is 4.70. The van der Waals surface area contributed by atoms with Crippen LogP contribution in [0, 0.1) is 11.3 Å². The van der Waals surface area contributed by atoms with Crippen LogP contribution in [0.1, 0.15) is 32.1 Å². The predicted molar refractivity (Wildman–Crippen MR) is 66.2 cm³/mol. The molecule has 0 heterocycles. The monoisotopic (exact) mass is 255 g/mol. The summed E-state index contributed by atoms with van der Waals surface area (Å²) in [4.78, 5) is 11.9. The van der Waals surface area contributed by atoms with E-state index >= 15 is 0 Å². The van der Waals surface area contributed by atoms with Crippen molar-refractivity contribution in [3.05, 3.63) is 0 Å². The Morgan fingerprint density at radius 1 is 1.50 bits per heavy atom. The molecule has 1 amide bonds. The highest BCUT2D eigenvalue weighted by atomic mass is 16.5. The van der Waals surface area contributed by atoms with Crippen LogP contribution in [-0.4, -0.2) is 36.7 Å².